The molecule has 0 unspecified atom stereocenters. The lowest BCUT2D eigenvalue weighted by atomic mass is 10.1. The maximum Gasteiger partial charge on any atom is 0.252 e. The Bertz CT molecular complexity index is 871. The van der Waals surface area contributed by atoms with Gasteiger partial charge in [0, 0.05) is 6.54 Å². The minimum Gasteiger partial charge on any atom is -0.382 e. The summed E-state index contributed by atoms with van der Waals surface area (Å²) in [5.74, 6) is -0.940. The quantitative estimate of drug-likeness (QED) is 0.739. The van der Waals surface area contributed by atoms with Crippen LogP contribution in [0.5, 0.6) is 0 Å². The molecule has 0 saturated carbocycles. The Labute approximate surface area is 154 Å². The van der Waals surface area contributed by atoms with Gasteiger partial charge in [-0.1, -0.05) is 0 Å². The van der Waals surface area contributed by atoms with Gasteiger partial charge in [-0.3, -0.25) is 9.36 Å². The molecule has 10 nitrogen and oxygen atoms in total. The molecule has 2 aliphatic heterocycles. The highest BCUT2D eigenvalue weighted by Gasteiger charge is 2.58. The molecular formula is C15H19ClN6O4. The number of nitrogens with zero attached hydrogens (tertiary/aromatic N) is 4. The van der Waals surface area contributed by atoms with E-state index >= 15 is 0 Å². The Morgan fingerprint density at radius 3 is 2.85 bits per heavy atom. The predicted molar refractivity (Wildman–Crippen MR) is 91.2 cm³/mol. The molecule has 2 fully saturated rings. The van der Waals surface area contributed by atoms with Crippen molar-refractivity contribution in [2.75, 3.05) is 12.3 Å². The summed E-state index contributed by atoms with van der Waals surface area (Å²) >= 11 is 5.93. The SMILES string of the molecule is CCNC(=O)[C@H]1O[C@@H](n2cnc3c(N)nc(Cl)nc32)[C@@H]2OC(C)(C)O[C@@H]21. The number of amides is 1. The van der Waals surface area contributed by atoms with E-state index in [9.17, 15) is 4.79 Å². The molecule has 4 rings (SSSR count). The Balaban J connectivity index is 1.76. The second-order valence-electron chi connectivity index (χ2n) is 6.61. The number of aromatic nitrogens is 4. The number of imidazole rings is 1. The second-order valence-corrected chi connectivity index (χ2v) is 6.95. The van der Waals surface area contributed by atoms with Crippen molar-refractivity contribution >= 4 is 34.5 Å². The second kappa shape index (κ2) is 6.02. The van der Waals surface area contributed by atoms with Crippen molar-refractivity contribution in [3.63, 3.8) is 0 Å². The van der Waals surface area contributed by atoms with Gasteiger partial charge in [-0.15, -0.1) is 0 Å². The number of rotatable bonds is 3. The molecule has 0 aliphatic carbocycles. The highest BCUT2D eigenvalue weighted by Crippen LogP contribution is 2.43. The number of hydrogen-bond donors (Lipinski definition) is 2. The Hall–Kier alpha value is -2.01. The third-order valence-corrected chi connectivity index (χ3v) is 4.50. The Morgan fingerprint density at radius 1 is 1.38 bits per heavy atom. The normalized spacial score (nSPS) is 29.8. The fourth-order valence-corrected chi connectivity index (χ4v) is 3.55. The average molecular weight is 383 g/mol. The van der Waals surface area contributed by atoms with Crippen molar-refractivity contribution in [2.24, 2.45) is 0 Å². The largest absolute Gasteiger partial charge is 0.382 e. The lowest BCUT2D eigenvalue weighted by Crippen LogP contribution is -2.42. The van der Waals surface area contributed by atoms with E-state index in [-0.39, 0.29) is 17.0 Å². The summed E-state index contributed by atoms with van der Waals surface area (Å²) in [5, 5.41) is 2.75. The number of hydrogen-bond acceptors (Lipinski definition) is 8. The number of carbonyl (C=O) groups excluding carboxylic acids is 1. The smallest absolute Gasteiger partial charge is 0.252 e. The van der Waals surface area contributed by atoms with Crippen LogP contribution in [0.1, 0.15) is 27.0 Å². The zero-order chi connectivity index (χ0) is 18.6. The van der Waals surface area contributed by atoms with Gasteiger partial charge in [0.15, 0.2) is 29.6 Å². The highest BCUT2D eigenvalue weighted by molar-refractivity contribution is 6.28. The van der Waals surface area contributed by atoms with Gasteiger partial charge in [-0.25, -0.2) is 4.98 Å². The van der Waals surface area contributed by atoms with Crippen LogP contribution in [0, 0.1) is 0 Å². The van der Waals surface area contributed by atoms with E-state index in [0.717, 1.165) is 0 Å². The molecule has 4 atom stereocenters. The van der Waals surface area contributed by atoms with E-state index in [1.165, 1.54) is 6.33 Å². The fourth-order valence-electron chi connectivity index (χ4n) is 3.38. The number of nitrogen functional groups attached to an aromatic ring is 1. The first-order valence-electron chi connectivity index (χ1n) is 8.25. The molecular weight excluding hydrogens is 364 g/mol. The minimum absolute atomic E-state index is 0.00417. The molecule has 0 radical (unpaired) electrons. The van der Waals surface area contributed by atoms with Gasteiger partial charge < -0.3 is 25.3 Å². The van der Waals surface area contributed by atoms with E-state index < -0.39 is 30.3 Å². The van der Waals surface area contributed by atoms with Crippen LogP contribution in [-0.4, -0.2) is 56.1 Å². The Morgan fingerprint density at radius 2 is 2.12 bits per heavy atom. The minimum atomic E-state index is -0.843. The standard InChI is InChI=1S/C15H19ClN6O4/c1-4-18-12(23)8-7-9(26-15(2,3)25-7)13(24-8)22-5-19-6-10(17)20-14(16)21-11(6)22/h5,7-9,13H,4H2,1-3H3,(H,18,23)(H2,17,20,21)/t7-,8+,9-,13-/m1/s1. The lowest BCUT2D eigenvalue weighted by molar-refractivity contribution is -0.197. The summed E-state index contributed by atoms with van der Waals surface area (Å²) in [7, 11) is 0. The fraction of sp³-hybridized carbons (Fsp3) is 0.600. The van der Waals surface area contributed by atoms with Crippen molar-refractivity contribution in [1.29, 1.82) is 0 Å². The molecule has 0 aromatic carbocycles. The van der Waals surface area contributed by atoms with Gasteiger partial charge in [0.2, 0.25) is 5.28 Å². The molecule has 0 bridgehead atoms. The highest BCUT2D eigenvalue weighted by atomic mass is 35.5. The number of carbonyl (C=O) groups is 1. The molecule has 2 saturated heterocycles. The van der Waals surface area contributed by atoms with Crippen molar-refractivity contribution in [3.8, 4) is 0 Å². The van der Waals surface area contributed by atoms with Gasteiger partial charge in [0.1, 0.15) is 17.7 Å². The van der Waals surface area contributed by atoms with Crippen LogP contribution >= 0.6 is 11.6 Å². The Kier molecular flexibility index (Phi) is 4.03. The van der Waals surface area contributed by atoms with Crippen LogP contribution in [0.15, 0.2) is 6.33 Å². The third-order valence-electron chi connectivity index (χ3n) is 4.33. The number of halogens is 1. The average Bonchev–Trinajstić information content (AvgIpc) is 3.18. The summed E-state index contributed by atoms with van der Waals surface area (Å²) in [5.41, 5.74) is 6.66. The molecule has 140 valence electrons. The molecule has 11 heteroatoms. The molecule has 4 heterocycles. The van der Waals surface area contributed by atoms with Crippen molar-refractivity contribution in [3.05, 3.63) is 11.6 Å². The summed E-state index contributed by atoms with van der Waals surface area (Å²) in [6.45, 7) is 5.90. The van der Waals surface area contributed by atoms with E-state index in [0.29, 0.717) is 17.7 Å². The zero-order valence-corrected chi connectivity index (χ0v) is 15.2. The molecule has 2 aromatic rings. The van der Waals surface area contributed by atoms with Gasteiger partial charge in [0.05, 0.1) is 6.33 Å². The van der Waals surface area contributed by atoms with Crippen LogP contribution in [-0.2, 0) is 19.0 Å². The first-order valence-corrected chi connectivity index (χ1v) is 8.63. The van der Waals surface area contributed by atoms with Crippen LogP contribution < -0.4 is 11.1 Å². The van der Waals surface area contributed by atoms with E-state index in [4.69, 9.17) is 31.5 Å². The van der Waals surface area contributed by atoms with Crippen LogP contribution in [0.3, 0.4) is 0 Å². The molecule has 3 N–H and O–H groups in total. The van der Waals surface area contributed by atoms with Gasteiger partial charge in [-0.2, -0.15) is 9.97 Å². The first kappa shape index (κ1) is 17.4. The molecule has 26 heavy (non-hydrogen) atoms. The first-order chi connectivity index (χ1) is 12.3. The predicted octanol–water partition coefficient (Wildman–Crippen LogP) is 0.615. The summed E-state index contributed by atoms with van der Waals surface area (Å²) in [6.07, 6.45) is -1.06. The van der Waals surface area contributed by atoms with Crippen molar-refractivity contribution in [1.82, 2.24) is 24.8 Å². The molecule has 2 aromatic heterocycles. The number of likely N-dealkylation sites (N-methyl/N-ethyl adjacent to an activating group) is 1. The monoisotopic (exact) mass is 382 g/mol. The summed E-state index contributed by atoms with van der Waals surface area (Å²) < 4.78 is 19.5. The van der Waals surface area contributed by atoms with Crippen LogP contribution in [0.2, 0.25) is 5.28 Å². The van der Waals surface area contributed by atoms with Gasteiger partial charge in [-0.05, 0) is 32.4 Å². The molecule has 1 amide bonds. The number of nitrogens with one attached hydrogen (secondary N) is 1. The van der Waals surface area contributed by atoms with Gasteiger partial charge >= 0.3 is 0 Å². The number of anilines is 1. The third kappa shape index (κ3) is 2.69. The molecule has 2 aliphatic rings. The number of ether oxygens (including phenoxy) is 3. The lowest BCUT2D eigenvalue weighted by Gasteiger charge is -2.24. The topological polar surface area (TPSA) is 126 Å². The zero-order valence-electron chi connectivity index (χ0n) is 14.5. The van der Waals surface area contributed by atoms with E-state index in [1.54, 1.807) is 18.4 Å². The summed E-state index contributed by atoms with van der Waals surface area (Å²) in [6, 6.07) is 0. The van der Waals surface area contributed by atoms with Crippen LogP contribution in [0.4, 0.5) is 5.82 Å². The maximum absolute atomic E-state index is 12.4. The van der Waals surface area contributed by atoms with Crippen LogP contribution in [0.25, 0.3) is 11.2 Å². The maximum atomic E-state index is 12.4. The van der Waals surface area contributed by atoms with Crippen molar-refractivity contribution in [2.45, 2.75) is 51.1 Å². The summed E-state index contributed by atoms with van der Waals surface area (Å²) in [4.78, 5) is 24.8. The van der Waals surface area contributed by atoms with E-state index in [2.05, 4.69) is 20.3 Å². The van der Waals surface area contributed by atoms with Gasteiger partial charge in [0.25, 0.3) is 5.91 Å². The number of fused-ring (bicyclic) bond motifs is 2. The number of nitrogens with two attached hydrogens (primary N) is 1. The molecule has 0 spiro atoms. The van der Waals surface area contributed by atoms with Crippen molar-refractivity contribution < 1.29 is 19.0 Å². The van der Waals surface area contributed by atoms with E-state index in [1.807, 2.05) is 6.92 Å².